The molecular weight excluding hydrogens is 230 g/mol. The number of rotatable bonds is 8. The van der Waals surface area contributed by atoms with Crippen LogP contribution in [-0.2, 0) is 4.79 Å². The van der Waals surface area contributed by atoms with Crippen LogP contribution in [0.5, 0.6) is 5.75 Å². The van der Waals surface area contributed by atoms with Gasteiger partial charge in [-0.1, -0.05) is 25.1 Å². The molecule has 0 aliphatic carbocycles. The van der Waals surface area contributed by atoms with Gasteiger partial charge in [-0.25, -0.2) is 0 Å². The molecule has 1 rings (SSSR count). The number of para-hydroxylation sites is 1. The van der Waals surface area contributed by atoms with E-state index in [1.54, 1.807) is 0 Å². The zero-order valence-electron chi connectivity index (χ0n) is 10.8. The molecule has 2 N–H and O–H groups in total. The van der Waals surface area contributed by atoms with E-state index in [0.717, 1.165) is 5.75 Å². The Morgan fingerprint density at radius 1 is 1.39 bits per heavy atom. The summed E-state index contributed by atoms with van der Waals surface area (Å²) in [6, 6.07) is 9.55. The van der Waals surface area contributed by atoms with Crippen LogP contribution < -0.4 is 10.1 Å². The third-order valence-corrected chi connectivity index (χ3v) is 2.52. The lowest BCUT2D eigenvalue weighted by atomic mass is 10.2. The van der Waals surface area contributed by atoms with Gasteiger partial charge >= 0.3 is 0 Å². The number of ether oxygens (including phenoxy) is 1. The molecule has 100 valence electrons. The van der Waals surface area contributed by atoms with E-state index in [1.807, 2.05) is 37.3 Å². The fourth-order valence-corrected chi connectivity index (χ4v) is 1.38. The SMILES string of the molecule is CC(CO)CNC(=O)CCCOc1ccccc1. The predicted molar refractivity (Wildman–Crippen MR) is 70.4 cm³/mol. The van der Waals surface area contributed by atoms with Gasteiger partial charge < -0.3 is 15.2 Å². The first-order valence-electron chi connectivity index (χ1n) is 6.27. The Morgan fingerprint density at radius 3 is 2.78 bits per heavy atom. The molecule has 0 spiro atoms. The van der Waals surface area contributed by atoms with Gasteiger partial charge in [0.05, 0.1) is 6.61 Å². The van der Waals surface area contributed by atoms with Crippen LogP contribution in [0.25, 0.3) is 0 Å². The van der Waals surface area contributed by atoms with Crippen molar-refractivity contribution in [2.24, 2.45) is 5.92 Å². The molecule has 1 unspecified atom stereocenters. The third kappa shape index (κ3) is 6.25. The van der Waals surface area contributed by atoms with E-state index >= 15 is 0 Å². The molecule has 0 saturated heterocycles. The molecule has 1 amide bonds. The molecular formula is C14H21NO3. The van der Waals surface area contributed by atoms with Crippen molar-refractivity contribution in [2.45, 2.75) is 19.8 Å². The average Bonchev–Trinajstić information content (AvgIpc) is 2.42. The summed E-state index contributed by atoms with van der Waals surface area (Å²) >= 11 is 0. The van der Waals surface area contributed by atoms with Gasteiger partial charge in [-0.05, 0) is 24.5 Å². The number of hydrogen-bond acceptors (Lipinski definition) is 3. The first-order valence-corrected chi connectivity index (χ1v) is 6.27. The van der Waals surface area contributed by atoms with Gasteiger partial charge in [0, 0.05) is 19.6 Å². The van der Waals surface area contributed by atoms with Gasteiger partial charge in [0.1, 0.15) is 5.75 Å². The number of nitrogens with one attached hydrogen (secondary N) is 1. The Morgan fingerprint density at radius 2 is 2.11 bits per heavy atom. The zero-order chi connectivity index (χ0) is 13.2. The number of carbonyl (C=O) groups excluding carboxylic acids is 1. The lowest BCUT2D eigenvalue weighted by Gasteiger charge is -2.09. The van der Waals surface area contributed by atoms with Crippen molar-refractivity contribution >= 4 is 5.91 Å². The lowest BCUT2D eigenvalue weighted by Crippen LogP contribution is -2.29. The number of hydrogen-bond donors (Lipinski definition) is 2. The van der Waals surface area contributed by atoms with Crippen molar-refractivity contribution in [3.63, 3.8) is 0 Å². The topological polar surface area (TPSA) is 58.6 Å². The number of aliphatic hydroxyl groups excluding tert-OH is 1. The summed E-state index contributed by atoms with van der Waals surface area (Å²) in [5, 5.41) is 11.6. The van der Waals surface area contributed by atoms with E-state index in [1.165, 1.54) is 0 Å². The summed E-state index contributed by atoms with van der Waals surface area (Å²) in [5.41, 5.74) is 0. The molecule has 0 saturated carbocycles. The van der Waals surface area contributed by atoms with Gasteiger partial charge in [0.25, 0.3) is 0 Å². The van der Waals surface area contributed by atoms with Crippen LogP contribution in [0.1, 0.15) is 19.8 Å². The maximum Gasteiger partial charge on any atom is 0.220 e. The normalized spacial score (nSPS) is 11.9. The minimum Gasteiger partial charge on any atom is -0.494 e. The Hall–Kier alpha value is -1.55. The quantitative estimate of drug-likeness (QED) is 0.690. The number of aliphatic hydroxyl groups is 1. The molecule has 4 nitrogen and oxygen atoms in total. The van der Waals surface area contributed by atoms with Crippen molar-refractivity contribution in [3.05, 3.63) is 30.3 Å². The van der Waals surface area contributed by atoms with E-state index in [-0.39, 0.29) is 18.4 Å². The fourth-order valence-electron chi connectivity index (χ4n) is 1.38. The molecule has 1 aromatic carbocycles. The van der Waals surface area contributed by atoms with Gasteiger partial charge in [0.2, 0.25) is 5.91 Å². The predicted octanol–water partition coefficient (Wildman–Crippen LogP) is 1.59. The van der Waals surface area contributed by atoms with Gasteiger partial charge in [-0.3, -0.25) is 4.79 Å². The second kappa shape index (κ2) is 8.53. The first kappa shape index (κ1) is 14.5. The highest BCUT2D eigenvalue weighted by Gasteiger charge is 2.04. The molecule has 0 aliphatic rings. The second-order valence-corrected chi connectivity index (χ2v) is 4.36. The Kier molecular flexibility index (Phi) is 6.87. The largest absolute Gasteiger partial charge is 0.494 e. The van der Waals surface area contributed by atoms with Gasteiger partial charge in [-0.2, -0.15) is 0 Å². The van der Waals surface area contributed by atoms with E-state index in [9.17, 15) is 4.79 Å². The Bertz CT molecular complexity index is 340. The molecule has 0 heterocycles. The number of benzene rings is 1. The fraction of sp³-hybridized carbons (Fsp3) is 0.500. The van der Waals surface area contributed by atoms with E-state index in [0.29, 0.717) is 26.0 Å². The summed E-state index contributed by atoms with van der Waals surface area (Å²) in [6.45, 7) is 3.04. The molecule has 4 heteroatoms. The minimum atomic E-state index is 0.00645. The molecule has 0 radical (unpaired) electrons. The second-order valence-electron chi connectivity index (χ2n) is 4.36. The number of amides is 1. The van der Waals surface area contributed by atoms with Crippen LogP contribution in [0.2, 0.25) is 0 Å². The van der Waals surface area contributed by atoms with Crippen molar-refractivity contribution in [2.75, 3.05) is 19.8 Å². The molecule has 0 aliphatic heterocycles. The summed E-state index contributed by atoms with van der Waals surface area (Å²) in [4.78, 5) is 11.4. The number of carbonyl (C=O) groups is 1. The Labute approximate surface area is 108 Å². The van der Waals surface area contributed by atoms with E-state index in [2.05, 4.69) is 5.32 Å². The molecule has 1 atom stereocenters. The van der Waals surface area contributed by atoms with Gasteiger partial charge in [-0.15, -0.1) is 0 Å². The lowest BCUT2D eigenvalue weighted by molar-refractivity contribution is -0.121. The van der Waals surface area contributed by atoms with Crippen LogP contribution in [0, 0.1) is 5.92 Å². The molecule has 0 bridgehead atoms. The van der Waals surface area contributed by atoms with Crippen molar-refractivity contribution < 1.29 is 14.6 Å². The van der Waals surface area contributed by atoms with Crippen molar-refractivity contribution in [3.8, 4) is 5.75 Å². The monoisotopic (exact) mass is 251 g/mol. The highest BCUT2D eigenvalue weighted by atomic mass is 16.5. The highest BCUT2D eigenvalue weighted by Crippen LogP contribution is 2.08. The average molecular weight is 251 g/mol. The van der Waals surface area contributed by atoms with Crippen molar-refractivity contribution in [1.29, 1.82) is 0 Å². The summed E-state index contributed by atoms with van der Waals surface area (Å²) < 4.78 is 5.48. The van der Waals surface area contributed by atoms with Crippen LogP contribution in [0.15, 0.2) is 30.3 Å². The highest BCUT2D eigenvalue weighted by molar-refractivity contribution is 5.75. The zero-order valence-corrected chi connectivity index (χ0v) is 10.8. The molecule has 1 aromatic rings. The third-order valence-electron chi connectivity index (χ3n) is 2.52. The van der Waals surface area contributed by atoms with Gasteiger partial charge in [0.15, 0.2) is 0 Å². The van der Waals surface area contributed by atoms with Crippen LogP contribution >= 0.6 is 0 Å². The molecule has 0 aromatic heterocycles. The minimum absolute atomic E-state index is 0.00645. The van der Waals surface area contributed by atoms with Crippen molar-refractivity contribution in [1.82, 2.24) is 5.32 Å². The summed E-state index contributed by atoms with van der Waals surface area (Å²) in [5.74, 6) is 0.938. The van der Waals surface area contributed by atoms with Crippen LogP contribution in [0.3, 0.4) is 0 Å². The Balaban J connectivity index is 2.05. The first-order chi connectivity index (χ1) is 8.72. The maximum atomic E-state index is 11.4. The van der Waals surface area contributed by atoms with Crippen LogP contribution in [-0.4, -0.2) is 30.8 Å². The standard InChI is InChI=1S/C14H21NO3/c1-12(11-16)10-15-14(17)8-5-9-18-13-6-3-2-4-7-13/h2-4,6-7,12,16H,5,8-11H2,1H3,(H,15,17). The van der Waals surface area contributed by atoms with E-state index < -0.39 is 0 Å². The molecule has 18 heavy (non-hydrogen) atoms. The summed E-state index contributed by atoms with van der Waals surface area (Å²) in [6.07, 6.45) is 1.14. The smallest absolute Gasteiger partial charge is 0.220 e. The molecule has 0 fully saturated rings. The maximum absolute atomic E-state index is 11.4. The summed E-state index contributed by atoms with van der Waals surface area (Å²) in [7, 11) is 0. The van der Waals surface area contributed by atoms with Crippen LogP contribution in [0.4, 0.5) is 0 Å². The van der Waals surface area contributed by atoms with E-state index in [4.69, 9.17) is 9.84 Å².